The van der Waals surface area contributed by atoms with Crippen molar-refractivity contribution in [1.82, 2.24) is 0 Å². The summed E-state index contributed by atoms with van der Waals surface area (Å²) in [4.78, 5) is 0. The van der Waals surface area contributed by atoms with E-state index in [-0.39, 0.29) is 0 Å². The van der Waals surface area contributed by atoms with Crippen LogP contribution in [0.15, 0.2) is 36.4 Å². The SMILES string of the molecule is CC(C)Cc1cccc2cc[c]cc12. The third kappa shape index (κ3) is 1.79. The summed E-state index contributed by atoms with van der Waals surface area (Å²) >= 11 is 0. The molecule has 0 bridgehead atoms. The van der Waals surface area contributed by atoms with Crippen molar-refractivity contribution < 1.29 is 0 Å². The summed E-state index contributed by atoms with van der Waals surface area (Å²) in [6.07, 6.45) is 1.15. The quantitative estimate of drug-likeness (QED) is 0.663. The van der Waals surface area contributed by atoms with E-state index in [1.807, 2.05) is 6.07 Å². The van der Waals surface area contributed by atoms with Crippen LogP contribution in [-0.4, -0.2) is 0 Å². The molecule has 1 radical (unpaired) electrons. The van der Waals surface area contributed by atoms with Crippen LogP contribution in [0.4, 0.5) is 0 Å². The van der Waals surface area contributed by atoms with Gasteiger partial charge < -0.3 is 0 Å². The van der Waals surface area contributed by atoms with Crippen molar-refractivity contribution in [3.63, 3.8) is 0 Å². The molecule has 0 aromatic heterocycles. The van der Waals surface area contributed by atoms with E-state index >= 15 is 0 Å². The van der Waals surface area contributed by atoms with Gasteiger partial charge >= 0.3 is 0 Å². The number of fused-ring (bicyclic) bond motifs is 1. The fraction of sp³-hybridized carbons (Fsp3) is 0.286. The zero-order chi connectivity index (χ0) is 9.97. The zero-order valence-electron chi connectivity index (χ0n) is 8.75. The molecule has 2 rings (SSSR count). The topological polar surface area (TPSA) is 0 Å². The molecule has 0 N–H and O–H groups in total. The van der Waals surface area contributed by atoms with E-state index in [0.29, 0.717) is 5.92 Å². The van der Waals surface area contributed by atoms with Crippen molar-refractivity contribution >= 4 is 10.8 Å². The fourth-order valence-corrected chi connectivity index (χ4v) is 1.84. The van der Waals surface area contributed by atoms with Crippen LogP contribution in [0.5, 0.6) is 0 Å². The van der Waals surface area contributed by atoms with E-state index in [2.05, 4.69) is 50.2 Å². The summed E-state index contributed by atoms with van der Waals surface area (Å²) in [5, 5.41) is 2.67. The Bertz CT molecular complexity index is 421. The molecule has 0 saturated carbocycles. The average molecular weight is 183 g/mol. The van der Waals surface area contributed by atoms with Gasteiger partial charge in [-0.05, 0) is 40.8 Å². The Morgan fingerprint density at radius 3 is 2.86 bits per heavy atom. The summed E-state index contributed by atoms with van der Waals surface area (Å²) in [5.41, 5.74) is 1.44. The van der Waals surface area contributed by atoms with Crippen LogP contribution < -0.4 is 0 Å². The van der Waals surface area contributed by atoms with Gasteiger partial charge in [0.1, 0.15) is 0 Å². The van der Waals surface area contributed by atoms with Crippen molar-refractivity contribution in [3.8, 4) is 0 Å². The van der Waals surface area contributed by atoms with E-state index in [9.17, 15) is 0 Å². The van der Waals surface area contributed by atoms with Crippen LogP contribution >= 0.6 is 0 Å². The second-order valence-electron chi connectivity index (χ2n) is 4.16. The van der Waals surface area contributed by atoms with Crippen LogP contribution in [0.25, 0.3) is 10.8 Å². The summed E-state index contributed by atoms with van der Waals surface area (Å²) in [6.45, 7) is 4.51. The summed E-state index contributed by atoms with van der Waals surface area (Å²) in [7, 11) is 0. The summed E-state index contributed by atoms with van der Waals surface area (Å²) in [6, 6.07) is 15.9. The van der Waals surface area contributed by atoms with Crippen LogP contribution in [0, 0.1) is 12.0 Å². The van der Waals surface area contributed by atoms with Crippen molar-refractivity contribution in [2.45, 2.75) is 20.3 Å². The van der Waals surface area contributed by atoms with Gasteiger partial charge in [0.05, 0.1) is 0 Å². The van der Waals surface area contributed by atoms with Crippen molar-refractivity contribution in [3.05, 3.63) is 48.0 Å². The monoisotopic (exact) mass is 183 g/mol. The molecule has 0 atom stereocenters. The van der Waals surface area contributed by atoms with E-state index in [4.69, 9.17) is 0 Å². The van der Waals surface area contributed by atoms with E-state index in [1.54, 1.807) is 0 Å². The highest BCUT2D eigenvalue weighted by Gasteiger charge is 2.01. The average Bonchev–Trinajstić information content (AvgIpc) is 2.18. The van der Waals surface area contributed by atoms with Gasteiger partial charge in [0.15, 0.2) is 0 Å². The number of rotatable bonds is 2. The summed E-state index contributed by atoms with van der Waals surface area (Å²) < 4.78 is 0. The van der Waals surface area contributed by atoms with Crippen LogP contribution in [-0.2, 0) is 6.42 Å². The molecule has 0 nitrogen and oxygen atoms in total. The van der Waals surface area contributed by atoms with Gasteiger partial charge in [-0.3, -0.25) is 0 Å². The standard InChI is InChI=1S/C14H15/c1-11(2)10-13-8-5-7-12-6-3-4-9-14(12)13/h3,5-9,11H,10H2,1-2H3. The molecule has 0 fully saturated rings. The first-order valence-electron chi connectivity index (χ1n) is 5.15. The Labute approximate surface area is 85.6 Å². The van der Waals surface area contributed by atoms with Crippen molar-refractivity contribution in [1.29, 1.82) is 0 Å². The fourth-order valence-electron chi connectivity index (χ4n) is 1.84. The first-order valence-corrected chi connectivity index (χ1v) is 5.15. The second kappa shape index (κ2) is 3.83. The summed E-state index contributed by atoms with van der Waals surface area (Å²) in [5.74, 6) is 0.709. The Hall–Kier alpha value is -1.30. The molecule has 14 heavy (non-hydrogen) atoms. The van der Waals surface area contributed by atoms with E-state index < -0.39 is 0 Å². The third-order valence-electron chi connectivity index (χ3n) is 2.45. The van der Waals surface area contributed by atoms with E-state index in [1.165, 1.54) is 16.3 Å². The maximum absolute atomic E-state index is 3.15. The lowest BCUT2D eigenvalue weighted by Crippen LogP contribution is -1.94. The zero-order valence-corrected chi connectivity index (χ0v) is 8.75. The van der Waals surface area contributed by atoms with E-state index in [0.717, 1.165) is 6.42 Å². The Balaban J connectivity index is 2.53. The molecular weight excluding hydrogens is 168 g/mol. The number of hydrogen-bond acceptors (Lipinski definition) is 0. The maximum Gasteiger partial charge on any atom is -0.0146 e. The van der Waals surface area contributed by atoms with Crippen molar-refractivity contribution in [2.24, 2.45) is 5.92 Å². The molecule has 2 aromatic rings. The van der Waals surface area contributed by atoms with Crippen LogP contribution in [0.2, 0.25) is 0 Å². The number of hydrogen-bond donors (Lipinski definition) is 0. The number of benzene rings is 2. The van der Waals surface area contributed by atoms with Crippen molar-refractivity contribution in [2.75, 3.05) is 0 Å². The Morgan fingerprint density at radius 2 is 2.07 bits per heavy atom. The lowest BCUT2D eigenvalue weighted by atomic mass is 9.97. The lowest BCUT2D eigenvalue weighted by molar-refractivity contribution is 0.650. The minimum atomic E-state index is 0.709. The lowest BCUT2D eigenvalue weighted by Gasteiger charge is -2.08. The molecule has 0 unspecified atom stereocenters. The molecule has 2 aromatic carbocycles. The molecule has 0 heteroatoms. The first kappa shape index (κ1) is 9.26. The molecule has 0 aliphatic heterocycles. The molecule has 0 aliphatic rings. The minimum absolute atomic E-state index is 0.709. The predicted octanol–water partition coefficient (Wildman–Crippen LogP) is 3.84. The largest absolute Gasteiger partial charge is 0.0625 e. The smallest absolute Gasteiger partial charge is 0.0146 e. The van der Waals surface area contributed by atoms with Gasteiger partial charge in [0.25, 0.3) is 0 Å². The molecule has 0 heterocycles. The van der Waals surface area contributed by atoms with Gasteiger partial charge in [-0.2, -0.15) is 0 Å². The molecule has 0 amide bonds. The molecule has 0 spiro atoms. The maximum atomic E-state index is 3.15. The van der Waals surface area contributed by atoms with Crippen LogP contribution in [0.1, 0.15) is 19.4 Å². The first-order chi connectivity index (χ1) is 6.77. The van der Waals surface area contributed by atoms with Gasteiger partial charge in [-0.25, -0.2) is 0 Å². The Kier molecular flexibility index (Phi) is 2.53. The van der Waals surface area contributed by atoms with Gasteiger partial charge in [0.2, 0.25) is 0 Å². The molecule has 0 saturated heterocycles. The van der Waals surface area contributed by atoms with Gasteiger partial charge in [-0.1, -0.05) is 44.2 Å². The molecule has 71 valence electrons. The minimum Gasteiger partial charge on any atom is -0.0625 e. The molecule has 0 aliphatic carbocycles. The Morgan fingerprint density at radius 1 is 1.21 bits per heavy atom. The normalized spacial score (nSPS) is 11.1. The van der Waals surface area contributed by atoms with Gasteiger partial charge in [-0.15, -0.1) is 0 Å². The van der Waals surface area contributed by atoms with Crippen LogP contribution in [0.3, 0.4) is 0 Å². The third-order valence-corrected chi connectivity index (χ3v) is 2.45. The second-order valence-corrected chi connectivity index (χ2v) is 4.16. The van der Waals surface area contributed by atoms with Gasteiger partial charge in [0, 0.05) is 0 Å². The predicted molar refractivity (Wildman–Crippen MR) is 61.3 cm³/mol. The highest BCUT2D eigenvalue weighted by Crippen LogP contribution is 2.20. The highest BCUT2D eigenvalue weighted by atomic mass is 14.1. The highest BCUT2D eigenvalue weighted by molar-refractivity contribution is 5.85. The molecular formula is C14H15.